The monoisotopic (exact) mass is 428 g/mol. The third kappa shape index (κ3) is 7.40. The van der Waals surface area contributed by atoms with Gasteiger partial charge >= 0.3 is 0 Å². The fourth-order valence-corrected chi connectivity index (χ4v) is 2.02. The van der Waals surface area contributed by atoms with Crippen LogP contribution < -0.4 is 15.4 Å². The lowest BCUT2D eigenvalue weighted by Gasteiger charge is -2.12. The van der Waals surface area contributed by atoms with Crippen molar-refractivity contribution in [3.05, 3.63) is 54.4 Å². The molecule has 0 spiro atoms. The number of guanidine groups is 1. The van der Waals surface area contributed by atoms with E-state index >= 15 is 0 Å². The summed E-state index contributed by atoms with van der Waals surface area (Å²) in [6, 6.07) is 11.9. The fourth-order valence-electron chi connectivity index (χ4n) is 2.02. The van der Waals surface area contributed by atoms with Gasteiger partial charge in [0.2, 0.25) is 0 Å². The Morgan fingerprint density at radius 2 is 1.96 bits per heavy atom. The van der Waals surface area contributed by atoms with Gasteiger partial charge in [-0.2, -0.15) is 0 Å². The number of halogens is 1. The number of para-hydroxylation sites is 1. The maximum atomic E-state index is 5.65. The first kappa shape index (κ1) is 19.3. The van der Waals surface area contributed by atoms with Crippen LogP contribution in [0.5, 0.6) is 5.75 Å². The van der Waals surface area contributed by atoms with Gasteiger partial charge in [0.1, 0.15) is 12.4 Å². The lowest BCUT2D eigenvalue weighted by atomic mass is 10.3. The van der Waals surface area contributed by atoms with Gasteiger partial charge in [-0.1, -0.05) is 18.2 Å². The van der Waals surface area contributed by atoms with E-state index in [0.717, 1.165) is 18.3 Å². The van der Waals surface area contributed by atoms with Gasteiger partial charge in [0.15, 0.2) is 5.96 Å². The summed E-state index contributed by atoms with van der Waals surface area (Å²) in [7, 11) is 2.01. The van der Waals surface area contributed by atoms with Gasteiger partial charge in [0.05, 0.1) is 13.1 Å². The molecule has 126 valence electrons. The Morgan fingerprint density at radius 3 is 2.61 bits per heavy atom. The SMILES string of the molecule is CCNC(=NCc1ccn(C)c1)NCCOc1ccccc1.I. The molecule has 2 aromatic rings. The molecule has 1 aromatic heterocycles. The highest BCUT2D eigenvalue weighted by atomic mass is 127. The Bertz CT molecular complexity index is 583. The van der Waals surface area contributed by atoms with Crippen LogP contribution in [0.15, 0.2) is 53.8 Å². The number of nitrogens with one attached hydrogen (secondary N) is 2. The predicted molar refractivity (Wildman–Crippen MR) is 106 cm³/mol. The molecule has 0 amide bonds. The molecule has 1 heterocycles. The van der Waals surface area contributed by atoms with Crippen LogP contribution in [-0.2, 0) is 13.6 Å². The van der Waals surface area contributed by atoms with E-state index in [-0.39, 0.29) is 24.0 Å². The van der Waals surface area contributed by atoms with Gasteiger partial charge in [-0.05, 0) is 30.7 Å². The van der Waals surface area contributed by atoms with Crippen LogP contribution in [-0.4, -0.2) is 30.2 Å². The van der Waals surface area contributed by atoms with Crippen LogP contribution in [0.2, 0.25) is 0 Å². The quantitative estimate of drug-likeness (QED) is 0.309. The van der Waals surface area contributed by atoms with Crippen LogP contribution in [0, 0.1) is 0 Å². The van der Waals surface area contributed by atoms with Gasteiger partial charge in [-0.3, -0.25) is 0 Å². The van der Waals surface area contributed by atoms with Gasteiger partial charge < -0.3 is 19.9 Å². The topological polar surface area (TPSA) is 50.6 Å². The summed E-state index contributed by atoms with van der Waals surface area (Å²) in [6.07, 6.45) is 4.10. The van der Waals surface area contributed by atoms with Crippen molar-refractivity contribution in [1.29, 1.82) is 0 Å². The Balaban J connectivity index is 0.00000264. The van der Waals surface area contributed by atoms with Gasteiger partial charge in [0.25, 0.3) is 0 Å². The van der Waals surface area contributed by atoms with Crippen LogP contribution in [0.3, 0.4) is 0 Å². The minimum absolute atomic E-state index is 0. The van der Waals surface area contributed by atoms with E-state index in [0.29, 0.717) is 19.7 Å². The number of benzene rings is 1. The number of hydrogen-bond donors (Lipinski definition) is 2. The number of aryl methyl sites for hydroxylation is 1. The van der Waals surface area contributed by atoms with E-state index in [2.05, 4.69) is 34.8 Å². The van der Waals surface area contributed by atoms with E-state index in [9.17, 15) is 0 Å². The first-order chi connectivity index (χ1) is 10.8. The average Bonchev–Trinajstić information content (AvgIpc) is 2.95. The van der Waals surface area contributed by atoms with Crippen molar-refractivity contribution in [3.8, 4) is 5.75 Å². The molecule has 2 rings (SSSR count). The second-order valence-corrected chi connectivity index (χ2v) is 4.97. The summed E-state index contributed by atoms with van der Waals surface area (Å²) in [6.45, 7) is 4.85. The highest BCUT2D eigenvalue weighted by Crippen LogP contribution is 2.07. The summed E-state index contributed by atoms with van der Waals surface area (Å²) in [4.78, 5) is 4.57. The van der Waals surface area contributed by atoms with Gasteiger partial charge in [-0.25, -0.2) is 4.99 Å². The van der Waals surface area contributed by atoms with E-state index in [4.69, 9.17) is 4.74 Å². The molecular formula is C17H25IN4O. The lowest BCUT2D eigenvalue weighted by Crippen LogP contribution is -2.39. The smallest absolute Gasteiger partial charge is 0.191 e. The molecule has 0 saturated heterocycles. The highest BCUT2D eigenvalue weighted by Gasteiger charge is 1.99. The van der Waals surface area contributed by atoms with Gasteiger partial charge in [-0.15, -0.1) is 24.0 Å². The molecule has 5 nitrogen and oxygen atoms in total. The molecule has 23 heavy (non-hydrogen) atoms. The average molecular weight is 428 g/mol. The highest BCUT2D eigenvalue weighted by molar-refractivity contribution is 14.0. The molecule has 0 aliphatic rings. The molecule has 2 N–H and O–H groups in total. The Morgan fingerprint density at radius 1 is 1.17 bits per heavy atom. The zero-order chi connectivity index (χ0) is 15.6. The molecule has 6 heteroatoms. The number of hydrogen-bond acceptors (Lipinski definition) is 2. The van der Waals surface area contributed by atoms with Crippen molar-refractivity contribution >= 4 is 29.9 Å². The molecule has 0 fully saturated rings. The Hall–Kier alpha value is -1.70. The lowest BCUT2D eigenvalue weighted by molar-refractivity contribution is 0.322. The Labute approximate surface area is 155 Å². The molecule has 0 unspecified atom stereocenters. The molecule has 0 aliphatic heterocycles. The first-order valence-corrected chi connectivity index (χ1v) is 7.59. The predicted octanol–water partition coefficient (Wildman–Crippen LogP) is 2.78. The molecule has 0 radical (unpaired) electrons. The van der Waals surface area contributed by atoms with E-state index in [1.165, 1.54) is 5.56 Å². The maximum Gasteiger partial charge on any atom is 0.191 e. The minimum Gasteiger partial charge on any atom is -0.492 e. The standard InChI is InChI=1S/C17H24N4O.HI/c1-3-18-17(20-13-15-9-11-21(2)14-15)19-10-12-22-16-7-5-4-6-8-16;/h4-9,11,14H,3,10,12-13H2,1-2H3,(H2,18,19,20);1H. The Kier molecular flexibility index (Phi) is 9.20. The van der Waals surface area contributed by atoms with E-state index < -0.39 is 0 Å². The fraction of sp³-hybridized carbons (Fsp3) is 0.353. The van der Waals surface area contributed by atoms with Crippen LogP contribution in [0.4, 0.5) is 0 Å². The van der Waals surface area contributed by atoms with E-state index in [1.807, 2.05) is 48.1 Å². The molecule has 0 bridgehead atoms. The summed E-state index contributed by atoms with van der Waals surface area (Å²) < 4.78 is 7.68. The van der Waals surface area contributed by atoms with Crippen molar-refractivity contribution in [3.63, 3.8) is 0 Å². The molecule has 0 saturated carbocycles. The molecule has 1 aromatic carbocycles. The third-order valence-electron chi connectivity index (χ3n) is 3.06. The third-order valence-corrected chi connectivity index (χ3v) is 3.06. The van der Waals surface area contributed by atoms with Crippen LogP contribution in [0.25, 0.3) is 0 Å². The second kappa shape index (κ2) is 10.9. The number of rotatable bonds is 7. The zero-order valence-electron chi connectivity index (χ0n) is 13.7. The normalized spacial score (nSPS) is 10.8. The zero-order valence-corrected chi connectivity index (χ0v) is 16.0. The summed E-state index contributed by atoms with van der Waals surface area (Å²) in [5.74, 6) is 1.69. The van der Waals surface area contributed by atoms with Crippen molar-refractivity contribution in [1.82, 2.24) is 15.2 Å². The minimum atomic E-state index is 0. The molecule has 0 atom stereocenters. The summed E-state index contributed by atoms with van der Waals surface area (Å²) in [5.41, 5.74) is 1.19. The number of aliphatic imine (C=N–C) groups is 1. The second-order valence-electron chi connectivity index (χ2n) is 4.97. The number of aromatic nitrogens is 1. The van der Waals surface area contributed by atoms with E-state index in [1.54, 1.807) is 0 Å². The maximum absolute atomic E-state index is 5.65. The summed E-state index contributed by atoms with van der Waals surface area (Å²) in [5, 5.41) is 6.51. The first-order valence-electron chi connectivity index (χ1n) is 7.59. The molecule has 0 aliphatic carbocycles. The summed E-state index contributed by atoms with van der Waals surface area (Å²) >= 11 is 0. The largest absolute Gasteiger partial charge is 0.492 e. The molecular weight excluding hydrogens is 403 g/mol. The number of nitrogens with zero attached hydrogens (tertiary/aromatic N) is 2. The van der Waals surface area contributed by atoms with Crippen LogP contribution in [0.1, 0.15) is 12.5 Å². The van der Waals surface area contributed by atoms with Crippen LogP contribution >= 0.6 is 24.0 Å². The van der Waals surface area contributed by atoms with Crippen molar-refractivity contribution in [2.24, 2.45) is 12.0 Å². The van der Waals surface area contributed by atoms with Gasteiger partial charge in [0, 0.05) is 26.0 Å². The van der Waals surface area contributed by atoms with Crippen molar-refractivity contribution in [2.45, 2.75) is 13.5 Å². The number of ether oxygens (including phenoxy) is 1. The van der Waals surface area contributed by atoms with Crippen molar-refractivity contribution < 1.29 is 4.74 Å². The van der Waals surface area contributed by atoms with Crippen molar-refractivity contribution in [2.75, 3.05) is 19.7 Å².